The van der Waals surface area contributed by atoms with E-state index in [0.29, 0.717) is 6.61 Å². The van der Waals surface area contributed by atoms with Gasteiger partial charge >= 0.3 is 0 Å². The third-order valence-corrected chi connectivity index (χ3v) is 3.39. The van der Waals surface area contributed by atoms with Crippen LogP contribution < -0.4 is 0 Å². The van der Waals surface area contributed by atoms with Gasteiger partial charge in [0.25, 0.3) is 0 Å². The van der Waals surface area contributed by atoms with Gasteiger partial charge in [0.1, 0.15) is 24.4 Å². The first-order valence-corrected chi connectivity index (χ1v) is 6.65. The first-order valence-electron chi connectivity index (χ1n) is 6.65. The normalized spacial score (nSPS) is 40.3. The lowest BCUT2D eigenvalue weighted by Gasteiger charge is -2.27. The second-order valence-corrected chi connectivity index (χ2v) is 6.16. The summed E-state index contributed by atoms with van der Waals surface area (Å²) in [6.07, 6.45) is -3.37. The summed E-state index contributed by atoms with van der Waals surface area (Å²) in [5.74, 6) is -1.54. The molecule has 0 aromatic rings. The highest BCUT2D eigenvalue weighted by Crippen LogP contribution is 2.35. The van der Waals surface area contributed by atoms with Crippen LogP contribution in [0.5, 0.6) is 0 Å². The van der Waals surface area contributed by atoms with E-state index >= 15 is 0 Å². The molecule has 2 fully saturated rings. The predicted molar refractivity (Wildman–Crippen MR) is 66.4 cm³/mol. The van der Waals surface area contributed by atoms with Crippen LogP contribution in [0.15, 0.2) is 0 Å². The first-order chi connectivity index (χ1) is 8.61. The van der Waals surface area contributed by atoms with Gasteiger partial charge in [0.15, 0.2) is 11.6 Å². The second-order valence-electron chi connectivity index (χ2n) is 6.16. The van der Waals surface area contributed by atoms with Crippen molar-refractivity contribution in [1.29, 1.82) is 0 Å². The lowest BCUT2D eigenvalue weighted by atomic mass is 10.0. The van der Waals surface area contributed by atoms with Gasteiger partial charge in [-0.2, -0.15) is 0 Å². The van der Waals surface area contributed by atoms with Crippen molar-refractivity contribution in [1.82, 2.24) is 0 Å². The molecule has 2 heterocycles. The maximum absolute atomic E-state index is 10.4. The fourth-order valence-electron chi connectivity index (χ4n) is 2.55. The number of aliphatic hydroxyl groups is 2. The molecule has 6 heteroatoms. The van der Waals surface area contributed by atoms with Crippen molar-refractivity contribution < 1.29 is 29.2 Å². The number of hydrogen-bond acceptors (Lipinski definition) is 6. The molecular weight excluding hydrogens is 252 g/mol. The Morgan fingerprint density at radius 3 is 2.00 bits per heavy atom. The van der Waals surface area contributed by atoms with Crippen LogP contribution in [0.4, 0.5) is 0 Å². The van der Waals surface area contributed by atoms with Crippen molar-refractivity contribution in [2.75, 3.05) is 6.61 Å². The van der Waals surface area contributed by atoms with Gasteiger partial charge in [-0.3, -0.25) is 0 Å². The molecule has 0 bridgehead atoms. The third-order valence-electron chi connectivity index (χ3n) is 3.39. The topological polar surface area (TPSA) is 77.4 Å². The van der Waals surface area contributed by atoms with Crippen molar-refractivity contribution in [3.8, 4) is 0 Å². The SMILES string of the molecule is CC(O)[C@H]1OC(C)(C)O[C@H]1[C@H](O)[C@H]1COC(C)(C)O1. The van der Waals surface area contributed by atoms with Gasteiger partial charge < -0.3 is 29.2 Å². The highest BCUT2D eigenvalue weighted by molar-refractivity contribution is 4.94. The molecule has 0 radical (unpaired) electrons. The Kier molecular flexibility index (Phi) is 3.94. The Labute approximate surface area is 113 Å². The fourth-order valence-corrected chi connectivity index (χ4v) is 2.55. The zero-order valence-electron chi connectivity index (χ0n) is 12.1. The quantitative estimate of drug-likeness (QED) is 0.777. The smallest absolute Gasteiger partial charge is 0.164 e. The minimum absolute atomic E-state index is 0.293. The molecule has 112 valence electrons. The van der Waals surface area contributed by atoms with Gasteiger partial charge in [0.05, 0.1) is 12.7 Å². The largest absolute Gasteiger partial charge is 0.391 e. The number of aliphatic hydroxyl groups excluding tert-OH is 2. The van der Waals surface area contributed by atoms with Gasteiger partial charge in [0, 0.05) is 0 Å². The molecule has 0 aromatic carbocycles. The molecule has 5 atom stereocenters. The average molecular weight is 276 g/mol. The van der Waals surface area contributed by atoms with Crippen molar-refractivity contribution in [3.05, 3.63) is 0 Å². The predicted octanol–water partition coefficient (Wildman–Crippen LogP) is 0.400. The molecule has 2 rings (SSSR count). The Hall–Kier alpha value is -0.240. The first kappa shape index (κ1) is 15.2. The minimum Gasteiger partial charge on any atom is -0.391 e. The Bertz CT molecular complexity index is 327. The molecule has 2 aliphatic heterocycles. The van der Waals surface area contributed by atoms with E-state index in [4.69, 9.17) is 18.9 Å². The number of rotatable bonds is 3. The van der Waals surface area contributed by atoms with Crippen LogP contribution in [-0.2, 0) is 18.9 Å². The van der Waals surface area contributed by atoms with Crippen LogP contribution in [0.3, 0.4) is 0 Å². The van der Waals surface area contributed by atoms with Crippen LogP contribution >= 0.6 is 0 Å². The lowest BCUT2D eigenvalue weighted by Crippen LogP contribution is -2.47. The van der Waals surface area contributed by atoms with E-state index in [2.05, 4.69) is 0 Å². The summed E-state index contributed by atoms with van der Waals surface area (Å²) in [5, 5.41) is 20.2. The highest BCUT2D eigenvalue weighted by atomic mass is 16.8. The monoisotopic (exact) mass is 276 g/mol. The van der Waals surface area contributed by atoms with E-state index in [1.807, 2.05) is 0 Å². The summed E-state index contributed by atoms with van der Waals surface area (Å²) in [7, 11) is 0. The summed E-state index contributed by atoms with van der Waals surface area (Å²) in [5.41, 5.74) is 0. The molecular formula is C13H24O6. The summed E-state index contributed by atoms with van der Waals surface area (Å²) in [6, 6.07) is 0. The van der Waals surface area contributed by atoms with Crippen molar-refractivity contribution in [2.45, 2.75) is 76.7 Å². The summed E-state index contributed by atoms with van der Waals surface area (Å²) < 4.78 is 22.4. The molecule has 1 unspecified atom stereocenters. The van der Waals surface area contributed by atoms with Gasteiger partial charge in [-0.15, -0.1) is 0 Å². The third kappa shape index (κ3) is 3.26. The zero-order chi connectivity index (χ0) is 14.4. The molecule has 2 aliphatic rings. The molecule has 6 nitrogen and oxygen atoms in total. The molecule has 0 amide bonds. The Balaban J connectivity index is 2.07. The van der Waals surface area contributed by atoms with E-state index < -0.39 is 42.1 Å². The maximum Gasteiger partial charge on any atom is 0.164 e. The lowest BCUT2D eigenvalue weighted by molar-refractivity contribution is -0.179. The standard InChI is InChI=1S/C13H24O6/c1-7(14)10-11(19-13(4,5)18-10)9(15)8-6-16-12(2,3)17-8/h7-11,14-15H,6H2,1-5H3/t7?,8-,9-,10-,11+/m1/s1. The van der Waals surface area contributed by atoms with Gasteiger partial charge in [0.2, 0.25) is 0 Å². The van der Waals surface area contributed by atoms with Crippen LogP contribution in [0, 0.1) is 0 Å². The van der Waals surface area contributed by atoms with Crippen LogP contribution in [0.2, 0.25) is 0 Å². The van der Waals surface area contributed by atoms with Gasteiger partial charge in [-0.1, -0.05) is 0 Å². The molecule has 0 aromatic heterocycles. The molecule has 2 N–H and O–H groups in total. The number of hydrogen-bond donors (Lipinski definition) is 2. The van der Waals surface area contributed by atoms with Crippen LogP contribution in [0.25, 0.3) is 0 Å². The van der Waals surface area contributed by atoms with Gasteiger partial charge in [-0.05, 0) is 34.6 Å². The van der Waals surface area contributed by atoms with E-state index in [-0.39, 0.29) is 0 Å². The van der Waals surface area contributed by atoms with Crippen molar-refractivity contribution in [3.63, 3.8) is 0 Å². The summed E-state index contributed by atoms with van der Waals surface area (Å²) >= 11 is 0. The Morgan fingerprint density at radius 1 is 0.947 bits per heavy atom. The minimum atomic E-state index is -0.914. The van der Waals surface area contributed by atoms with Crippen molar-refractivity contribution in [2.24, 2.45) is 0 Å². The van der Waals surface area contributed by atoms with E-state index in [9.17, 15) is 10.2 Å². The van der Waals surface area contributed by atoms with E-state index in [1.54, 1.807) is 34.6 Å². The fraction of sp³-hybridized carbons (Fsp3) is 1.00. The molecule has 0 saturated carbocycles. The summed E-state index contributed by atoms with van der Waals surface area (Å²) in [6.45, 7) is 9.01. The highest BCUT2D eigenvalue weighted by Gasteiger charge is 2.51. The van der Waals surface area contributed by atoms with E-state index in [0.717, 1.165) is 0 Å². The van der Waals surface area contributed by atoms with Crippen molar-refractivity contribution >= 4 is 0 Å². The number of ether oxygens (including phenoxy) is 4. The average Bonchev–Trinajstić information content (AvgIpc) is 2.77. The molecule has 0 spiro atoms. The zero-order valence-corrected chi connectivity index (χ0v) is 12.1. The molecule has 0 aliphatic carbocycles. The molecule has 2 saturated heterocycles. The Morgan fingerprint density at radius 2 is 1.53 bits per heavy atom. The second kappa shape index (κ2) is 4.95. The van der Waals surface area contributed by atoms with Crippen LogP contribution in [-0.4, -0.2) is 58.9 Å². The molecule has 19 heavy (non-hydrogen) atoms. The van der Waals surface area contributed by atoms with Crippen LogP contribution in [0.1, 0.15) is 34.6 Å². The summed E-state index contributed by atoms with van der Waals surface area (Å²) in [4.78, 5) is 0. The maximum atomic E-state index is 10.4. The van der Waals surface area contributed by atoms with Gasteiger partial charge in [-0.25, -0.2) is 0 Å². The van der Waals surface area contributed by atoms with E-state index in [1.165, 1.54) is 0 Å².